The number of hydrogen-bond donors (Lipinski definition) is 1. The molecule has 0 aliphatic carbocycles. The molecule has 0 unspecified atom stereocenters. The third-order valence-corrected chi connectivity index (χ3v) is 2.56. The van der Waals surface area contributed by atoms with Crippen molar-refractivity contribution in [3.05, 3.63) is 29.3 Å². The van der Waals surface area contributed by atoms with E-state index in [0.717, 1.165) is 17.5 Å². The molecule has 4 heteroatoms. The van der Waals surface area contributed by atoms with Crippen molar-refractivity contribution in [2.45, 2.75) is 13.0 Å². The maximum Gasteiger partial charge on any atom is 0.130 e. The molecule has 0 bridgehead atoms. The molecule has 0 saturated carbocycles. The van der Waals surface area contributed by atoms with Gasteiger partial charge in [0.1, 0.15) is 11.5 Å². The lowest BCUT2D eigenvalue weighted by Gasteiger charge is -2.12. The molecule has 0 heterocycles. The smallest absolute Gasteiger partial charge is 0.130 e. The fourth-order valence-corrected chi connectivity index (χ4v) is 1.64. The molecule has 1 aromatic carbocycles. The van der Waals surface area contributed by atoms with Gasteiger partial charge in [-0.2, -0.15) is 0 Å². The molecular weight excluding hydrogens is 240 g/mol. The first-order valence-electron chi connectivity index (χ1n) is 5.35. The molecule has 94 valence electrons. The molecule has 3 nitrogen and oxygen atoms in total. The summed E-state index contributed by atoms with van der Waals surface area (Å²) in [6, 6.07) is 3.59. The van der Waals surface area contributed by atoms with E-state index in [0.29, 0.717) is 17.4 Å². The molecule has 0 aromatic heterocycles. The lowest BCUT2D eigenvalue weighted by molar-refractivity contribution is 0.280. The molecule has 0 spiro atoms. The summed E-state index contributed by atoms with van der Waals surface area (Å²) in [5.41, 5.74) is 1.62. The number of rotatable bonds is 6. The summed E-state index contributed by atoms with van der Waals surface area (Å²) >= 11 is 5.62. The van der Waals surface area contributed by atoms with Crippen LogP contribution in [0.1, 0.15) is 17.5 Å². The number of allylic oxidation sites excluding steroid dienone is 1. The van der Waals surface area contributed by atoms with E-state index in [1.54, 1.807) is 26.4 Å². The van der Waals surface area contributed by atoms with Crippen molar-refractivity contribution >= 4 is 17.7 Å². The fraction of sp³-hybridized carbons (Fsp3) is 0.385. The van der Waals surface area contributed by atoms with Gasteiger partial charge in [0.2, 0.25) is 0 Å². The summed E-state index contributed by atoms with van der Waals surface area (Å²) in [6.07, 6.45) is 4.67. The Bertz CT molecular complexity index is 363. The van der Waals surface area contributed by atoms with E-state index in [2.05, 4.69) is 0 Å². The van der Waals surface area contributed by atoms with Crippen molar-refractivity contribution in [1.82, 2.24) is 0 Å². The van der Waals surface area contributed by atoms with Crippen molar-refractivity contribution < 1.29 is 14.6 Å². The first-order chi connectivity index (χ1) is 8.26. The van der Waals surface area contributed by atoms with Gasteiger partial charge in [0.05, 0.1) is 26.4 Å². The minimum absolute atomic E-state index is 0.0433. The molecule has 1 rings (SSSR count). The fourth-order valence-electron chi connectivity index (χ4n) is 1.51. The van der Waals surface area contributed by atoms with Crippen LogP contribution in [-0.2, 0) is 6.61 Å². The van der Waals surface area contributed by atoms with Gasteiger partial charge in [-0.05, 0) is 24.1 Å². The minimum Gasteiger partial charge on any atom is -0.496 e. The number of aliphatic hydroxyl groups is 1. The second-order valence-electron chi connectivity index (χ2n) is 3.45. The Kier molecular flexibility index (Phi) is 5.87. The van der Waals surface area contributed by atoms with E-state index in [1.165, 1.54) is 0 Å². The normalized spacial score (nSPS) is 10.8. The Hall–Kier alpha value is -1.19. The maximum absolute atomic E-state index is 9.14. The molecule has 17 heavy (non-hydrogen) atoms. The quantitative estimate of drug-likeness (QED) is 0.796. The Balaban J connectivity index is 3.15. The van der Waals surface area contributed by atoms with E-state index in [1.807, 2.05) is 12.2 Å². The predicted molar refractivity (Wildman–Crippen MR) is 69.8 cm³/mol. The monoisotopic (exact) mass is 256 g/mol. The Morgan fingerprint density at radius 3 is 2.24 bits per heavy atom. The highest BCUT2D eigenvalue weighted by Gasteiger charge is 2.09. The molecule has 0 fully saturated rings. The topological polar surface area (TPSA) is 38.7 Å². The number of aliphatic hydroxyl groups excluding tert-OH is 1. The molecule has 0 amide bonds. The number of alkyl halides is 1. The average molecular weight is 257 g/mol. The van der Waals surface area contributed by atoms with Crippen LogP contribution in [0.5, 0.6) is 11.5 Å². The van der Waals surface area contributed by atoms with Crippen LogP contribution < -0.4 is 9.47 Å². The number of hydrogen-bond acceptors (Lipinski definition) is 3. The molecule has 0 atom stereocenters. The van der Waals surface area contributed by atoms with Gasteiger partial charge in [-0.25, -0.2) is 0 Å². The maximum atomic E-state index is 9.14. The van der Waals surface area contributed by atoms with Gasteiger partial charge in [0.15, 0.2) is 0 Å². The van der Waals surface area contributed by atoms with Gasteiger partial charge >= 0.3 is 0 Å². The van der Waals surface area contributed by atoms with E-state index >= 15 is 0 Å². The van der Waals surface area contributed by atoms with Crippen LogP contribution in [0.4, 0.5) is 0 Å². The van der Waals surface area contributed by atoms with E-state index in [9.17, 15) is 0 Å². The highest BCUT2D eigenvalue weighted by Crippen LogP contribution is 2.32. The standard InChI is InChI=1S/C13H17ClO3/c1-16-12-7-10(9-15)8-13(17-2)11(12)5-3-4-6-14/h3,5,7-8,15H,4,6,9H2,1-2H3. The lowest BCUT2D eigenvalue weighted by atomic mass is 10.1. The molecule has 1 aromatic rings. The zero-order valence-corrected chi connectivity index (χ0v) is 10.8. The van der Waals surface area contributed by atoms with Gasteiger partial charge in [0.25, 0.3) is 0 Å². The van der Waals surface area contributed by atoms with Gasteiger partial charge < -0.3 is 14.6 Å². The van der Waals surface area contributed by atoms with Crippen LogP contribution in [0, 0.1) is 0 Å². The van der Waals surface area contributed by atoms with Crippen LogP contribution in [0.3, 0.4) is 0 Å². The second-order valence-corrected chi connectivity index (χ2v) is 3.83. The first kappa shape index (κ1) is 13.9. The van der Waals surface area contributed by atoms with Gasteiger partial charge in [-0.1, -0.05) is 12.2 Å². The third kappa shape index (κ3) is 3.65. The summed E-state index contributed by atoms with van der Waals surface area (Å²) in [4.78, 5) is 0. The van der Waals surface area contributed by atoms with Crippen LogP contribution in [0.25, 0.3) is 6.08 Å². The van der Waals surface area contributed by atoms with Crippen LogP contribution in [0.15, 0.2) is 18.2 Å². The second kappa shape index (κ2) is 7.20. The minimum atomic E-state index is -0.0433. The summed E-state index contributed by atoms with van der Waals surface area (Å²) in [5, 5.41) is 9.14. The number of halogens is 1. The SMILES string of the molecule is COc1cc(CO)cc(OC)c1C=CCCCl. The molecule has 0 aliphatic heterocycles. The van der Waals surface area contributed by atoms with Crippen LogP contribution in [-0.4, -0.2) is 25.2 Å². The molecule has 0 aliphatic rings. The van der Waals surface area contributed by atoms with Crippen LogP contribution in [0.2, 0.25) is 0 Å². The van der Waals surface area contributed by atoms with Crippen molar-refractivity contribution in [3.63, 3.8) is 0 Å². The van der Waals surface area contributed by atoms with E-state index in [-0.39, 0.29) is 6.61 Å². The lowest BCUT2D eigenvalue weighted by Crippen LogP contribution is -1.95. The summed E-state index contributed by atoms with van der Waals surface area (Å²) in [7, 11) is 3.18. The highest BCUT2D eigenvalue weighted by atomic mass is 35.5. The highest BCUT2D eigenvalue weighted by molar-refractivity contribution is 6.17. The summed E-state index contributed by atoms with van der Waals surface area (Å²) in [6.45, 7) is -0.0433. The zero-order valence-electron chi connectivity index (χ0n) is 10.1. The van der Waals surface area contributed by atoms with Gasteiger partial charge in [0, 0.05) is 5.88 Å². The van der Waals surface area contributed by atoms with Gasteiger partial charge in [-0.15, -0.1) is 11.6 Å². The zero-order chi connectivity index (χ0) is 12.7. The van der Waals surface area contributed by atoms with Crippen LogP contribution >= 0.6 is 11.6 Å². The van der Waals surface area contributed by atoms with Crippen molar-refractivity contribution in [2.75, 3.05) is 20.1 Å². The summed E-state index contributed by atoms with van der Waals surface area (Å²) in [5.74, 6) is 1.94. The number of methoxy groups -OCH3 is 2. The first-order valence-corrected chi connectivity index (χ1v) is 5.88. The third-order valence-electron chi connectivity index (χ3n) is 2.35. The van der Waals surface area contributed by atoms with Crippen molar-refractivity contribution in [3.8, 4) is 11.5 Å². The van der Waals surface area contributed by atoms with Crippen molar-refractivity contribution in [2.24, 2.45) is 0 Å². The predicted octanol–water partition coefficient (Wildman–Crippen LogP) is 2.84. The van der Waals surface area contributed by atoms with Crippen molar-refractivity contribution in [1.29, 1.82) is 0 Å². The molecule has 0 saturated heterocycles. The Morgan fingerprint density at radius 2 is 1.82 bits per heavy atom. The van der Waals surface area contributed by atoms with E-state index in [4.69, 9.17) is 26.2 Å². The van der Waals surface area contributed by atoms with Gasteiger partial charge in [-0.3, -0.25) is 0 Å². The Morgan fingerprint density at radius 1 is 1.24 bits per heavy atom. The number of ether oxygens (including phenoxy) is 2. The Labute approximate surface area is 107 Å². The molecule has 1 N–H and O–H groups in total. The largest absolute Gasteiger partial charge is 0.496 e. The van der Waals surface area contributed by atoms with E-state index < -0.39 is 0 Å². The summed E-state index contributed by atoms with van der Waals surface area (Å²) < 4.78 is 10.6. The molecule has 0 radical (unpaired) electrons. The number of benzene rings is 1. The average Bonchev–Trinajstić information content (AvgIpc) is 2.38. The molecular formula is C13H17ClO3.